The summed E-state index contributed by atoms with van der Waals surface area (Å²) in [6.45, 7) is 15.5. The van der Waals surface area contributed by atoms with Crippen LogP contribution < -0.4 is 0 Å². The Kier molecular flexibility index (Phi) is 5.04. The topological polar surface area (TPSA) is 41.4 Å². The molecule has 2 heterocycles. The van der Waals surface area contributed by atoms with E-state index in [0.717, 1.165) is 38.4 Å². The summed E-state index contributed by atoms with van der Waals surface area (Å²) in [6, 6.07) is 0. The van der Waals surface area contributed by atoms with Crippen molar-refractivity contribution in [1.29, 1.82) is 0 Å². The van der Waals surface area contributed by atoms with Gasteiger partial charge in [0.05, 0.1) is 12.2 Å². The van der Waals surface area contributed by atoms with E-state index >= 15 is 0 Å². The van der Waals surface area contributed by atoms with Crippen molar-refractivity contribution in [2.45, 2.75) is 47.7 Å². The van der Waals surface area contributed by atoms with E-state index in [2.05, 4.69) is 44.6 Å². The van der Waals surface area contributed by atoms with Crippen LogP contribution in [0.1, 0.15) is 37.7 Å². The molecule has 0 aromatic carbocycles. The molecule has 0 atom stereocenters. The molecule has 0 radical (unpaired) electrons. The van der Waals surface area contributed by atoms with Crippen LogP contribution in [0.25, 0.3) is 0 Å². The fourth-order valence-electron chi connectivity index (χ4n) is 3.02. The van der Waals surface area contributed by atoms with E-state index in [-0.39, 0.29) is 5.91 Å². The van der Waals surface area contributed by atoms with Crippen molar-refractivity contribution in [3.63, 3.8) is 0 Å². The monoisotopic (exact) mass is 292 g/mol. The van der Waals surface area contributed by atoms with E-state index in [9.17, 15) is 4.79 Å². The average molecular weight is 292 g/mol. The highest BCUT2D eigenvalue weighted by molar-refractivity contribution is 5.79. The van der Waals surface area contributed by atoms with Gasteiger partial charge in [0.1, 0.15) is 0 Å². The average Bonchev–Trinajstić information content (AvgIpc) is 2.69. The fraction of sp³-hybridized carbons (Fsp3) is 0.750. The second-order valence-electron chi connectivity index (χ2n) is 6.41. The number of aryl methyl sites for hydroxylation is 2. The van der Waals surface area contributed by atoms with Crippen molar-refractivity contribution >= 4 is 5.91 Å². The smallest absolute Gasteiger partial charge is 0.236 e. The summed E-state index contributed by atoms with van der Waals surface area (Å²) < 4.78 is 2.04. The summed E-state index contributed by atoms with van der Waals surface area (Å²) in [5.41, 5.74) is 3.60. The van der Waals surface area contributed by atoms with Crippen LogP contribution in [0.15, 0.2) is 0 Å². The first kappa shape index (κ1) is 16.0. The first-order valence-corrected chi connectivity index (χ1v) is 7.95. The molecule has 1 aromatic heterocycles. The normalized spacial score (nSPS) is 17.0. The second-order valence-corrected chi connectivity index (χ2v) is 6.41. The van der Waals surface area contributed by atoms with Crippen LogP contribution >= 0.6 is 0 Å². The SMILES string of the molecule is CCn1nc(C)c(CN2CCN(CC(C)C)C(=O)C2)c1C. The standard InChI is InChI=1S/C16H28N4O/c1-6-20-14(5)15(13(4)17-20)10-18-7-8-19(9-12(2)3)16(21)11-18/h12H,6-11H2,1-5H3. The number of carbonyl (C=O) groups is 1. The summed E-state index contributed by atoms with van der Waals surface area (Å²) in [7, 11) is 0. The number of amides is 1. The van der Waals surface area contributed by atoms with Crippen molar-refractivity contribution in [2.75, 3.05) is 26.2 Å². The first-order valence-electron chi connectivity index (χ1n) is 7.95. The molecule has 1 aliphatic rings. The van der Waals surface area contributed by atoms with Gasteiger partial charge in [0.2, 0.25) is 5.91 Å². The van der Waals surface area contributed by atoms with E-state index in [1.165, 1.54) is 11.3 Å². The van der Waals surface area contributed by atoms with Gasteiger partial charge in [0.15, 0.2) is 0 Å². The van der Waals surface area contributed by atoms with Crippen LogP contribution in [0.2, 0.25) is 0 Å². The lowest BCUT2D eigenvalue weighted by atomic mass is 10.1. The summed E-state index contributed by atoms with van der Waals surface area (Å²) in [5.74, 6) is 0.793. The maximum Gasteiger partial charge on any atom is 0.236 e. The largest absolute Gasteiger partial charge is 0.340 e. The molecule has 0 aliphatic carbocycles. The van der Waals surface area contributed by atoms with Gasteiger partial charge < -0.3 is 4.90 Å². The Labute approximate surface area is 127 Å². The Morgan fingerprint density at radius 2 is 1.95 bits per heavy atom. The molecule has 0 unspecified atom stereocenters. The number of piperazine rings is 1. The first-order chi connectivity index (χ1) is 9.92. The third-order valence-corrected chi connectivity index (χ3v) is 4.20. The molecule has 0 spiro atoms. The Bertz CT molecular complexity index is 507. The molecule has 2 rings (SSSR count). The minimum Gasteiger partial charge on any atom is -0.340 e. The van der Waals surface area contributed by atoms with Gasteiger partial charge in [-0.05, 0) is 26.7 Å². The van der Waals surface area contributed by atoms with Crippen molar-refractivity contribution in [2.24, 2.45) is 5.92 Å². The molecule has 1 aliphatic heterocycles. The zero-order valence-corrected chi connectivity index (χ0v) is 14.0. The number of aromatic nitrogens is 2. The molecule has 1 aromatic rings. The summed E-state index contributed by atoms with van der Waals surface area (Å²) in [5, 5.41) is 4.56. The molecular weight excluding hydrogens is 264 g/mol. The molecule has 1 saturated heterocycles. The van der Waals surface area contributed by atoms with Crippen LogP contribution in [0.5, 0.6) is 0 Å². The lowest BCUT2D eigenvalue weighted by Gasteiger charge is -2.35. The van der Waals surface area contributed by atoms with Crippen LogP contribution in [0.3, 0.4) is 0 Å². The number of rotatable bonds is 5. The molecule has 0 saturated carbocycles. The maximum absolute atomic E-state index is 12.2. The lowest BCUT2D eigenvalue weighted by molar-refractivity contribution is -0.136. The molecule has 0 bridgehead atoms. The van der Waals surface area contributed by atoms with Crippen LogP contribution in [0.4, 0.5) is 0 Å². The molecule has 0 N–H and O–H groups in total. The number of hydrogen-bond donors (Lipinski definition) is 0. The van der Waals surface area contributed by atoms with E-state index in [4.69, 9.17) is 0 Å². The molecular formula is C16H28N4O. The Morgan fingerprint density at radius 3 is 2.48 bits per heavy atom. The third kappa shape index (κ3) is 3.64. The van der Waals surface area contributed by atoms with Crippen molar-refractivity contribution in [1.82, 2.24) is 19.6 Å². The zero-order valence-electron chi connectivity index (χ0n) is 14.0. The highest BCUT2D eigenvalue weighted by atomic mass is 16.2. The quantitative estimate of drug-likeness (QED) is 0.831. The summed E-state index contributed by atoms with van der Waals surface area (Å²) >= 11 is 0. The molecule has 1 amide bonds. The van der Waals surface area contributed by atoms with E-state index < -0.39 is 0 Å². The zero-order chi connectivity index (χ0) is 15.6. The van der Waals surface area contributed by atoms with Gasteiger partial charge >= 0.3 is 0 Å². The van der Waals surface area contributed by atoms with Crippen LogP contribution in [-0.4, -0.2) is 51.7 Å². The fourth-order valence-corrected chi connectivity index (χ4v) is 3.02. The van der Waals surface area contributed by atoms with E-state index in [1.807, 2.05) is 9.58 Å². The minimum atomic E-state index is 0.258. The Hall–Kier alpha value is -1.36. The number of nitrogens with zero attached hydrogens (tertiary/aromatic N) is 4. The van der Waals surface area contributed by atoms with E-state index in [1.54, 1.807) is 0 Å². The molecule has 21 heavy (non-hydrogen) atoms. The van der Waals surface area contributed by atoms with Gasteiger partial charge in [-0.3, -0.25) is 14.4 Å². The second kappa shape index (κ2) is 6.60. The predicted molar refractivity (Wildman–Crippen MR) is 84.1 cm³/mol. The van der Waals surface area contributed by atoms with Crippen molar-refractivity contribution < 1.29 is 4.79 Å². The number of carbonyl (C=O) groups excluding carboxylic acids is 1. The summed E-state index contributed by atoms with van der Waals surface area (Å²) in [4.78, 5) is 16.5. The van der Waals surface area contributed by atoms with Gasteiger partial charge in [-0.15, -0.1) is 0 Å². The van der Waals surface area contributed by atoms with Crippen LogP contribution in [-0.2, 0) is 17.9 Å². The number of hydrogen-bond acceptors (Lipinski definition) is 3. The minimum absolute atomic E-state index is 0.258. The van der Waals surface area contributed by atoms with Gasteiger partial charge in [0.25, 0.3) is 0 Å². The van der Waals surface area contributed by atoms with Crippen LogP contribution in [0, 0.1) is 19.8 Å². The van der Waals surface area contributed by atoms with Gasteiger partial charge in [-0.2, -0.15) is 5.10 Å². The molecule has 5 heteroatoms. The lowest BCUT2D eigenvalue weighted by Crippen LogP contribution is -2.50. The Balaban J connectivity index is 2.00. The Morgan fingerprint density at radius 1 is 1.24 bits per heavy atom. The van der Waals surface area contributed by atoms with Crippen molar-refractivity contribution in [3.05, 3.63) is 17.0 Å². The predicted octanol–water partition coefficient (Wildman–Crippen LogP) is 1.82. The summed E-state index contributed by atoms with van der Waals surface area (Å²) in [6.07, 6.45) is 0. The molecule has 118 valence electrons. The van der Waals surface area contributed by atoms with Gasteiger partial charge in [-0.25, -0.2) is 0 Å². The highest BCUT2D eigenvalue weighted by Gasteiger charge is 2.25. The third-order valence-electron chi connectivity index (χ3n) is 4.20. The highest BCUT2D eigenvalue weighted by Crippen LogP contribution is 2.17. The van der Waals surface area contributed by atoms with Crippen molar-refractivity contribution in [3.8, 4) is 0 Å². The maximum atomic E-state index is 12.2. The van der Waals surface area contributed by atoms with Gasteiger partial charge in [-0.1, -0.05) is 13.8 Å². The molecule has 5 nitrogen and oxygen atoms in total. The molecule has 1 fully saturated rings. The van der Waals surface area contributed by atoms with Gasteiger partial charge in [0, 0.05) is 44.0 Å². The van der Waals surface area contributed by atoms with E-state index in [0.29, 0.717) is 12.5 Å².